The van der Waals surface area contributed by atoms with E-state index in [4.69, 9.17) is 14.5 Å². The molecule has 33 heavy (non-hydrogen) atoms. The predicted molar refractivity (Wildman–Crippen MR) is 126 cm³/mol. The number of nitrogens with zero attached hydrogens (tertiary/aromatic N) is 5. The van der Waals surface area contributed by atoms with E-state index in [-0.39, 0.29) is 6.10 Å². The molecule has 8 heteroatoms. The summed E-state index contributed by atoms with van der Waals surface area (Å²) < 4.78 is 12.0. The zero-order chi connectivity index (χ0) is 22.6. The maximum absolute atomic E-state index is 5.99. The Morgan fingerprint density at radius 1 is 1.09 bits per heavy atom. The van der Waals surface area contributed by atoms with Gasteiger partial charge >= 0.3 is 0 Å². The van der Waals surface area contributed by atoms with E-state index in [9.17, 15) is 0 Å². The van der Waals surface area contributed by atoms with E-state index in [1.807, 2.05) is 13.1 Å². The summed E-state index contributed by atoms with van der Waals surface area (Å²) in [7, 11) is 0. The second-order valence-electron chi connectivity index (χ2n) is 8.73. The third-order valence-electron chi connectivity index (χ3n) is 6.25. The Morgan fingerprint density at radius 3 is 2.73 bits per heavy atom. The Hall–Kier alpha value is -3.26. The van der Waals surface area contributed by atoms with Crippen molar-refractivity contribution in [1.29, 1.82) is 0 Å². The lowest BCUT2D eigenvalue weighted by Gasteiger charge is -2.32. The van der Waals surface area contributed by atoms with Crippen LogP contribution < -0.4 is 14.8 Å². The summed E-state index contributed by atoms with van der Waals surface area (Å²) in [6.45, 7) is 7.71. The molecule has 0 amide bonds. The van der Waals surface area contributed by atoms with Gasteiger partial charge in [-0.2, -0.15) is 0 Å². The minimum atomic E-state index is 0.237. The smallest absolute Gasteiger partial charge is 0.150 e. The fourth-order valence-corrected chi connectivity index (χ4v) is 4.66. The predicted octanol–water partition coefficient (Wildman–Crippen LogP) is 4.11. The number of fused-ring (bicyclic) bond motifs is 1. The Labute approximate surface area is 194 Å². The largest absolute Gasteiger partial charge is 0.494 e. The summed E-state index contributed by atoms with van der Waals surface area (Å²) in [6.07, 6.45) is 11.9. The van der Waals surface area contributed by atoms with Gasteiger partial charge in [-0.3, -0.25) is 14.9 Å². The molecule has 1 atom stereocenters. The van der Waals surface area contributed by atoms with Crippen LogP contribution in [-0.2, 0) is 13.0 Å². The fourth-order valence-electron chi connectivity index (χ4n) is 4.66. The Kier molecular flexibility index (Phi) is 6.35. The van der Waals surface area contributed by atoms with Crippen molar-refractivity contribution < 1.29 is 9.47 Å². The van der Waals surface area contributed by atoms with Crippen LogP contribution in [0, 0.1) is 0 Å². The summed E-state index contributed by atoms with van der Waals surface area (Å²) >= 11 is 0. The van der Waals surface area contributed by atoms with Crippen LogP contribution in [0.3, 0.4) is 0 Å². The Balaban J connectivity index is 1.22. The molecular weight excluding hydrogens is 416 g/mol. The van der Waals surface area contributed by atoms with Crippen LogP contribution in [0.5, 0.6) is 11.5 Å². The molecule has 5 rings (SSSR count). The Bertz CT molecular complexity index is 1090. The topological polar surface area (TPSA) is 85.3 Å². The highest BCUT2D eigenvalue weighted by molar-refractivity contribution is 5.49. The molecule has 4 heterocycles. The summed E-state index contributed by atoms with van der Waals surface area (Å²) in [5.74, 6) is 3.76. The number of likely N-dealkylation sites (tertiary alicyclic amines) is 1. The van der Waals surface area contributed by atoms with Crippen molar-refractivity contribution in [2.24, 2.45) is 0 Å². The third kappa shape index (κ3) is 5.06. The molecule has 1 fully saturated rings. The van der Waals surface area contributed by atoms with E-state index >= 15 is 0 Å². The molecule has 8 nitrogen and oxygen atoms in total. The standard InChI is InChI=1S/C25H30N6O2/c1-3-32-22-11-19-10-17(2)33-23(19)12-20(22)16-31-8-4-18(5-9-31)21-13-27-15-25(29-21)30-24-14-26-6-7-28-24/h6-7,11-15,17-18H,3-5,8-10,16H2,1-2H3,(H,28,29,30)/t17-/m1/s1. The van der Waals surface area contributed by atoms with Crippen molar-refractivity contribution in [3.05, 3.63) is 59.9 Å². The lowest BCUT2D eigenvalue weighted by atomic mass is 9.93. The monoisotopic (exact) mass is 446 g/mol. The summed E-state index contributed by atoms with van der Waals surface area (Å²) in [5.41, 5.74) is 3.48. The van der Waals surface area contributed by atoms with E-state index in [1.165, 1.54) is 11.1 Å². The molecule has 2 aromatic heterocycles. The summed E-state index contributed by atoms with van der Waals surface area (Å²) in [4.78, 5) is 20.0. The second kappa shape index (κ2) is 9.70. The minimum Gasteiger partial charge on any atom is -0.494 e. The van der Waals surface area contributed by atoms with E-state index in [2.05, 4.69) is 44.2 Å². The van der Waals surface area contributed by atoms with Gasteiger partial charge in [0, 0.05) is 48.6 Å². The van der Waals surface area contributed by atoms with E-state index < -0.39 is 0 Å². The molecule has 1 N–H and O–H groups in total. The average molecular weight is 447 g/mol. The highest BCUT2D eigenvalue weighted by Crippen LogP contribution is 2.36. The van der Waals surface area contributed by atoms with Gasteiger partial charge in [-0.15, -0.1) is 0 Å². The molecule has 0 saturated carbocycles. The van der Waals surface area contributed by atoms with Crippen LogP contribution in [0.25, 0.3) is 0 Å². The van der Waals surface area contributed by atoms with Crippen LogP contribution in [-0.4, -0.2) is 50.6 Å². The molecule has 2 aliphatic rings. The van der Waals surface area contributed by atoms with Crippen molar-refractivity contribution in [3.8, 4) is 11.5 Å². The van der Waals surface area contributed by atoms with E-state index in [0.29, 0.717) is 24.2 Å². The first-order valence-corrected chi connectivity index (χ1v) is 11.7. The van der Waals surface area contributed by atoms with Crippen molar-refractivity contribution in [3.63, 3.8) is 0 Å². The molecule has 1 aromatic carbocycles. The van der Waals surface area contributed by atoms with Crippen molar-refractivity contribution in [1.82, 2.24) is 24.8 Å². The number of anilines is 2. The van der Waals surface area contributed by atoms with Crippen LogP contribution in [0.15, 0.2) is 43.1 Å². The SMILES string of the molecule is CCOc1cc2c(cc1CN1CCC(c3cncc(Nc4cnccn4)n3)CC1)O[C@H](C)C2. The number of hydrogen-bond acceptors (Lipinski definition) is 8. The lowest BCUT2D eigenvalue weighted by Crippen LogP contribution is -2.33. The maximum atomic E-state index is 5.99. The number of rotatable bonds is 7. The van der Waals surface area contributed by atoms with Gasteiger partial charge in [0.05, 0.1) is 24.7 Å². The molecule has 0 bridgehead atoms. The van der Waals surface area contributed by atoms with Crippen molar-refractivity contribution in [2.75, 3.05) is 25.0 Å². The molecule has 1 saturated heterocycles. The average Bonchev–Trinajstić information content (AvgIpc) is 3.19. The quantitative estimate of drug-likeness (QED) is 0.580. The molecule has 2 aliphatic heterocycles. The molecule has 0 aliphatic carbocycles. The molecule has 3 aromatic rings. The minimum absolute atomic E-state index is 0.237. The van der Waals surface area contributed by atoms with Gasteiger partial charge in [0.25, 0.3) is 0 Å². The number of hydrogen-bond donors (Lipinski definition) is 1. The molecule has 0 radical (unpaired) electrons. The first-order valence-electron chi connectivity index (χ1n) is 11.7. The summed E-state index contributed by atoms with van der Waals surface area (Å²) in [5, 5.41) is 3.18. The van der Waals surface area contributed by atoms with Gasteiger partial charge in [-0.05, 0) is 51.9 Å². The molecule has 172 valence electrons. The van der Waals surface area contributed by atoms with Gasteiger partial charge in [-0.1, -0.05) is 0 Å². The fraction of sp³-hybridized carbons (Fsp3) is 0.440. The van der Waals surface area contributed by atoms with Crippen LogP contribution in [0.2, 0.25) is 0 Å². The maximum Gasteiger partial charge on any atom is 0.150 e. The van der Waals surface area contributed by atoms with Crippen LogP contribution >= 0.6 is 0 Å². The third-order valence-corrected chi connectivity index (χ3v) is 6.25. The van der Waals surface area contributed by atoms with Crippen molar-refractivity contribution >= 4 is 11.6 Å². The van der Waals surface area contributed by atoms with Gasteiger partial charge in [0.1, 0.15) is 29.2 Å². The van der Waals surface area contributed by atoms with Gasteiger partial charge in [-0.25, -0.2) is 9.97 Å². The highest BCUT2D eigenvalue weighted by atomic mass is 16.5. The molecule has 0 unspecified atom stereocenters. The van der Waals surface area contributed by atoms with Crippen LogP contribution in [0.1, 0.15) is 49.4 Å². The highest BCUT2D eigenvalue weighted by Gasteiger charge is 2.25. The van der Waals surface area contributed by atoms with Gasteiger partial charge in [0.15, 0.2) is 0 Å². The number of piperidine rings is 1. The molecular formula is C25H30N6O2. The number of aromatic nitrogens is 4. The zero-order valence-corrected chi connectivity index (χ0v) is 19.2. The van der Waals surface area contributed by atoms with Crippen LogP contribution in [0.4, 0.5) is 11.6 Å². The van der Waals surface area contributed by atoms with E-state index in [1.54, 1.807) is 24.8 Å². The summed E-state index contributed by atoms with van der Waals surface area (Å²) in [6, 6.07) is 4.36. The lowest BCUT2D eigenvalue weighted by molar-refractivity contribution is 0.199. The second-order valence-corrected chi connectivity index (χ2v) is 8.73. The normalized spacial score (nSPS) is 18.5. The molecule has 0 spiro atoms. The first kappa shape index (κ1) is 21.6. The number of benzene rings is 1. The van der Waals surface area contributed by atoms with Gasteiger partial charge in [0.2, 0.25) is 0 Å². The number of nitrogens with one attached hydrogen (secondary N) is 1. The first-order chi connectivity index (χ1) is 16.2. The Morgan fingerprint density at radius 2 is 1.94 bits per heavy atom. The zero-order valence-electron chi connectivity index (χ0n) is 19.2. The van der Waals surface area contributed by atoms with E-state index in [0.717, 1.165) is 56.1 Å². The van der Waals surface area contributed by atoms with Crippen molar-refractivity contribution in [2.45, 2.75) is 51.7 Å². The number of ether oxygens (including phenoxy) is 2. The van der Waals surface area contributed by atoms with Gasteiger partial charge < -0.3 is 14.8 Å².